The number of ether oxygens (including phenoxy) is 2. The predicted molar refractivity (Wildman–Crippen MR) is 84.6 cm³/mol. The van der Waals surface area contributed by atoms with Crippen molar-refractivity contribution < 1.29 is 22.2 Å². The maximum absolute atomic E-state index is 12.1. The molecule has 0 unspecified atom stereocenters. The average Bonchev–Trinajstić information content (AvgIpc) is 2.78. The van der Waals surface area contributed by atoms with Crippen LogP contribution >= 0.6 is 0 Å². The van der Waals surface area contributed by atoms with Crippen molar-refractivity contribution in [1.29, 1.82) is 0 Å². The molecule has 2 atom stereocenters. The van der Waals surface area contributed by atoms with E-state index in [4.69, 9.17) is 13.8 Å². The van der Waals surface area contributed by atoms with E-state index in [1.807, 2.05) is 20.8 Å². The molecule has 0 spiro atoms. The Bertz CT molecular complexity index is 708. The Labute approximate surface area is 136 Å². The molecule has 7 heteroatoms. The molecule has 1 saturated carbocycles. The van der Waals surface area contributed by atoms with Crippen molar-refractivity contribution in [2.24, 2.45) is 5.16 Å². The molecule has 0 radical (unpaired) electrons. The summed E-state index contributed by atoms with van der Waals surface area (Å²) < 4.78 is 40.7. The van der Waals surface area contributed by atoms with E-state index in [1.165, 1.54) is 12.1 Å². The quantitative estimate of drug-likeness (QED) is 0.792. The van der Waals surface area contributed by atoms with E-state index in [1.54, 1.807) is 12.1 Å². The largest absolute Gasteiger partial charge is 0.358 e. The van der Waals surface area contributed by atoms with Gasteiger partial charge in [0.2, 0.25) is 0 Å². The summed E-state index contributed by atoms with van der Waals surface area (Å²) in [5, 5.41) is 3.85. The van der Waals surface area contributed by atoms with E-state index in [0.717, 1.165) is 12.0 Å². The van der Waals surface area contributed by atoms with Crippen LogP contribution < -0.4 is 0 Å². The van der Waals surface area contributed by atoms with Gasteiger partial charge in [-0.25, -0.2) is 0 Å². The number of oxime groups is 1. The van der Waals surface area contributed by atoms with Crippen molar-refractivity contribution in [1.82, 2.24) is 0 Å². The van der Waals surface area contributed by atoms with Crippen LogP contribution in [0.3, 0.4) is 0 Å². The summed E-state index contributed by atoms with van der Waals surface area (Å²) in [6, 6.07) is 6.47. The third kappa shape index (κ3) is 3.73. The van der Waals surface area contributed by atoms with Gasteiger partial charge in [-0.3, -0.25) is 4.28 Å². The van der Waals surface area contributed by atoms with Gasteiger partial charge in [0.15, 0.2) is 5.79 Å². The Morgan fingerprint density at radius 1 is 1.17 bits per heavy atom. The molecule has 0 bridgehead atoms. The van der Waals surface area contributed by atoms with E-state index < -0.39 is 15.9 Å². The second-order valence-corrected chi connectivity index (χ2v) is 7.98. The minimum Gasteiger partial charge on any atom is -0.345 e. The van der Waals surface area contributed by atoms with Gasteiger partial charge >= 0.3 is 10.1 Å². The fourth-order valence-corrected chi connectivity index (χ4v) is 3.66. The fourth-order valence-electron chi connectivity index (χ4n) is 2.90. The predicted octanol–water partition coefficient (Wildman–Crippen LogP) is 2.76. The molecule has 126 valence electrons. The first-order valence-corrected chi connectivity index (χ1v) is 9.08. The van der Waals surface area contributed by atoms with Crippen LogP contribution in [0.2, 0.25) is 0 Å². The fraction of sp³-hybridized carbons (Fsp3) is 0.562. The Balaban J connectivity index is 1.67. The Morgan fingerprint density at radius 3 is 2.52 bits per heavy atom. The van der Waals surface area contributed by atoms with Gasteiger partial charge in [0, 0.05) is 6.42 Å². The molecule has 1 aromatic carbocycles. The summed E-state index contributed by atoms with van der Waals surface area (Å²) in [6.07, 6.45) is 1.86. The van der Waals surface area contributed by atoms with Gasteiger partial charge in [0.25, 0.3) is 0 Å². The first-order valence-electron chi connectivity index (χ1n) is 7.67. The van der Waals surface area contributed by atoms with Crippen LogP contribution in [0.25, 0.3) is 0 Å². The summed E-state index contributed by atoms with van der Waals surface area (Å²) in [4.78, 5) is 0.0997. The zero-order chi connectivity index (χ0) is 16.7. The lowest BCUT2D eigenvalue weighted by atomic mass is 9.93. The van der Waals surface area contributed by atoms with Crippen molar-refractivity contribution in [2.75, 3.05) is 0 Å². The normalized spacial score (nSPS) is 28.6. The third-order valence-corrected chi connectivity index (χ3v) is 5.13. The molecule has 0 aromatic heterocycles. The zero-order valence-electron chi connectivity index (χ0n) is 13.5. The van der Waals surface area contributed by atoms with Crippen molar-refractivity contribution in [3.63, 3.8) is 0 Å². The van der Waals surface area contributed by atoms with Crippen molar-refractivity contribution in [3.8, 4) is 0 Å². The lowest BCUT2D eigenvalue weighted by Gasteiger charge is -2.22. The molecule has 23 heavy (non-hydrogen) atoms. The van der Waals surface area contributed by atoms with Gasteiger partial charge in [-0.2, -0.15) is 8.42 Å². The SMILES string of the molecule is Cc1ccc(S(=O)(=O)O/N=C2\CC[C@@H]3OC(C)(C)O[C@@H]3C2)cc1. The molecular formula is C16H21NO5S. The molecule has 1 aliphatic carbocycles. The summed E-state index contributed by atoms with van der Waals surface area (Å²) in [7, 11) is -3.88. The molecule has 1 saturated heterocycles. The van der Waals surface area contributed by atoms with Crippen LogP contribution in [-0.2, 0) is 23.9 Å². The lowest BCUT2D eigenvalue weighted by Crippen LogP contribution is -2.31. The number of rotatable bonds is 3. The maximum Gasteiger partial charge on any atom is 0.358 e. The van der Waals surface area contributed by atoms with Crippen LogP contribution in [0, 0.1) is 6.92 Å². The van der Waals surface area contributed by atoms with Crippen LogP contribution in [0.1, 0.15) is 38.7 Å². The van der Waals surface area contributed by atoms with E-state index in [2.05, 4.69) is 5.16 Å². The van der Waals surface area contributed by atoms with Crippen molar-refractivity contribution in [3.05, 3.63) is 29.8 Å². The van der Waals surface area contributed by atoms with E-state index in [0.29, 0.717) is 18.6 Å². The zero-order valence-corrected chi connectivity index (χ0v) is 14.3. The van der Waals surface area contributed by atoms with E-state index >= 15 is 0 Å². The van der Waals surface area contributed by atoms with Gasteiger partial charge < -0.3 is 9.47 Å². The molecule has 2 aliphatic rings. The van der Waals surface area contributed by atoms with Crippen molar-refractivity contribution >= 4 is 15.8 Å². The molecule has 2 fully saturated rings. The highest BCUT2D eigenvalue weighted by molar-refractivity contribution is 7.86. The van der Waals surface area contributed by atoms with Crippen LogP contribution in [-0.4, -0.2) is 32.1 Å². The van der Waals surface area contributed by atoms with Crippen molar-refractivity contribution in [2.45, 2.75) is 62.9 Å². The molecule has 0 amide bonds. The molecule has 1 heterocycles. The Hall–Kier alpha value is -1.44. The summed E-state index contributed by atoms with van der Waals surface area (Å²) in [6.45, 7) is 5.64. The molecule has 1 aliphatic heterocycles. The number of hydrogen-bond donors (Lipinski definition) is 0. The summed E-state index contributed by atoms with van der Waals surface area (Å²) >= 11 is 0. The van der Waals surface area contributed by atoms with Gasteiger partial charge in [0.1, 0.15) is 4.90 Å². The van der Waals surface area contributed by atoms with Gasteiger partial charge in [-0.05, 0) is 45.7 Å². The highest BCUT2D eigenvalue weighted by Gasteiger charge is 2.43. The van der Waals surface area contributed by atoms with Crippen LogP contribution in [0.15, 0.2) is 34.3 Å². The smallest absolute Gasteiger partial charge is 0.345 e. The van der Waals surface area contributed by atoms with Crippen LogP contribution in [0.5, 0.6) is 0 Å². The molecular weight excluding hydrogens is 318 g/mol. The summed E-state index contributed by atoms with van der Waals surface area (Å²) in [5.74, 6) is -0.598. The minimum absolute atomic E-state index is 0.0395. The first-order chi connectivity index (χ1) is 10.8. The first kappa shape index (κ1) is 16.4. The highest BCUT2D eigenvalue weighted by atomic mass is 32.2. The number of aryl methyl sites for hydroxylation is 1. The van der Waals surface area contributed by atoms with E-state index in [9.17, 15) is 8.42 Å². The number of benzene rings is 1. The number of nitrogens with zero attached hydrogens (tertiary/aromatic N) is 1. The molecule has 0 N–H and O–H groups in total. The maximum atomic E-state index is 12.1. The topological polar surface area (TPSA) is 74.2 Å². The van der Waals surface area contributed by atoms with Gasteiger partial charge in [-0.15, -0.1) is 0 Å². The Morgan fingerprint density at radius 2 is 1.83 bits per heavy atom. The second-order valence-electron chi connectivity index (χ2n) is 6.45. The van der Waals surface area contributed by atoms with Gasteiger partial charge in [0.05, 0.1) is 17.9 Å². The lowest BCUT2D eigenvalue weighted by molar-refractivity contribution is -0.145. The third-order valence-electron chi connectivity index (χ3n) is 4.01. The standard InChI is InChI=1S/C16H21NO5S/c1-11-4-7-13(8-5-11)23(18,19)22-17-12-6-9-14-15(10-12)21-16(2,3)20-14/h4-5,7-8,14-15H,6,9-10H2,1-3H3/b17-12+/t14-,15+/m0/s1. The number of hydrogen-bond acceptors (Lipinski definition) is 6. The highest BCUT2D eigenvalue weighted by Crippen LogP contribution is 2.35. The van der Waals surface area contributed by atoms with Crippen LogP contribution in [0.4, 0.5) is 0 Å². The minimum atomic E-state index is -3.88. The number of fused-ring (bicyclic) bond motifs is 1. The van der Waals surface area contributed by atoms with Gasteiger partial charge in [-0.1, -0.05) is 22.9 Å². The monoisotopic (exact) mass is 339 g/mol. The average molecular weight is 339 g/mol. The molecule has 6 nitrogen and oxygen atoms in total. The Kier molecular flexibility index (Phi) is 4.20. The summed E-state index contributed by atoms with van der Waals surface area (Å²) in [5.41, 5.74) is 1.66. The second kappa shape index (κ2) is 5.89. The molecule has 1 aromatic rings. The molecule has 3 rings (SSSR count). The van der Waals surface area contributed by atoms with E-state index in [-0.39, 0.29) is 17.1 Å².